The van der Waals surface area contributed by atoms with Gasteiger partial charge in [-0.25, -0.2) is 0 Å². The molecule has 4 aromatic rings. The van der Waals surface area contributed by atoms with Crippen LogP contribution in [-0.4, -0.2) is 6.29 Å². The molecule has 0 atom stereocenters. The summed E-state index contributed by atoms with van der Waals surface area (Å²) in [4.78, 5) is 12.1. The van der Waals surface area contributed by atoms with Gasteiger partial charge in [0, 0.05) is 5.56 Å². The highest BCUT2D eigenvalue weighted by atomic mass is 16.1. The Bertz CT molecular complexity index is 1140. The van der Waals surface area contributed by atoms with Gasteiger partial charge in [-0.3, -0.25) is 4.79 Å². The lowest BCUT2D eigenvalue weighted by molar-refractivity contribution is 0.112. The summed E-state index contributed by atoms with van der Waals surface area (Å²) in [5, 5.41) is 2.38. The maximum atomic E-state index is 12.1. The lowest BCUT2D eigenvalue weighted by Gasteiger charge is -2.19. The molecule has 138 valence electrons. The third-order valence-electron chi connectivity index (χ3n) is 5.35. The summed E-state index contributed by atoms with van der Waals surface area (Å²) in [6, 6.07) is 29.3. The van der Waals surface area contributed by atoms with E-state index in [2.05, 4.69) is 75.4 Å². The summed E-state index contributed by atoms with van der Waals surface area (Å²) in [6.45, 7) is 6.62. The smallest absolute Gasteiger partial charge is 0.151 e. The molecule has 0 saturated carbocycles. The number of hydrogen-bond acceptors (Lipinski definition) is 1. The van der Waals surface area contributed by atoms with Crippen molar-refractivity contribution in [3.8, 4) is 22.3 Å². The minimum Gasteiger partial charge on any atom is -0.298 e. The SMILES string of the molecule is CC(C)(C)c1ccc(-c2cccc(-c3ccc4ccccc4c3)c2C=O)cc1. The van der Waals surface area contributed by atoms with Gasteiger partial charge in [0.05, 0.1) is 0 Å². The van der Waals surface area contributed by atoms with Crippen molar-refractivity contribution in [2.45, 2.75) is 26.2 Å². The third-order valence-corrected chi connectivity index (χ3v) is 5.35. The zero-order chi connectivity index (χ0) is 19.7. The fourth-order valence-electron chi connectivity index (χ4n) is 3.70. The first-order valence-electron chi connectivity index (χ1n) is 9.66. The van der Waals surface area contributed by atoms with Crippen molar-refractivity contribution >= 4 is 17.1 Å². The van der Waals surface area contributed by atoms with Crippen molar-refractivity contribution in [1.29, 1.82) is 0 Å². The lowest BCUT2D eigenvalue weighted by Crippen LogP contribution is -2.10. The van der Waals surface area contributed by atoms with Gasteiger partial charge in [-0.05, 0) is 50.1 Å². The standard InChI is InChI=1S/C27H24O/c1-27(2,3)23-15-13-20(14-16-23)24-9-6-10-25(26(24)18-28)22-12-11-19-7-4-5-8-21(19)17-22/h4-18H,1-3H3. The summed E-state index contributed by atoms with van der Waals surface area (Å²) in [5.74, 6) is 0. The van der Waals surface area contributed by atoms with Crippen molar-refractivity contribution in [1.82, 2.24) is 0 Å². The van der Waals surface area contributed by atoms with Gasteiger partial charge in [0.1, 0.15) is 0 Å². The van der Waals surface area contributed by atoms with Crippen LogP contribution in [0.4, 0.5) is 0 Å². The number of carbonyl (C=O) groups excluding carboxylic acids is 1. The van der Waals surface area contributed by atoms with Crippen LogP contribution in [0.2, 0.25) is 0 Å². The van der Waals surface area contributed by atoms with Crippen LogP contribution >= 0.6 is 0 Å². The Morgan fingerprint density at radius 1 is 0.643 bits per heavy atom. The molecule has 0 aliphatic heterocycles. The summed E-state index contributed by atoms with van der Waals surface area (Å²) >= 11 is 0. The molecule has 1 heteroatoms. The summed E-state index contributed by atoms with van der Waals surface area (Å²) in [5.41, 5.74) is 6.21. The zero-order valence-corrected chi connectivity index (χ0v) is 16.6. The Balaban J connectivity index is 1.83. The molecule has 0 aliphatic rings. The molecule has 0 amide bonds. The molecule has 0 bridgehead atoms. The first-order chi connectivity index (χ1) is 13.5. The normalized spacial score (nSPS) is 11.5. The Morgan fingerprint density at radius 3 is 1.89 bits per heavy atom. The molecular formula is C27H24O. The van der Waals surface area contributed by atoms with Gasteiger partial charge in [-0.1, -0.05) is 99.6 Å². The second-order valence-electron chi connectivity index (χ2n) is 8.27. The Labute approximate surface area is 166 Å². The molecule has 4 aromatic carbocycles. The molecule has 4 rings (SSSR count). The van der Waals surface area contributed by atoms with E-state index in [-0.39, 0.29) is 5.41 Å². The van der Waals surface area contributed by atoms with Crippen molar-refractivity contribution in [2.24, 2.45) is 0 Å². The van der Waals surface area contributed by atoms with E-state index in [0.29, 0.717) is 0 Å². The van der Waals surface area contributed by atoms with Gasteiger partial charge in [0.25, 0.3) is 0 Å². The van der Waals surface area contributed by atoms with E-state index in [1.165, 1.54) is 16.3 Å². The molecule has 0 N–H and O–H groups in total. The molecule has 0 unspecified atom stereocenters. The van der Waals surface area contributed by atoms with E-state index in [1.807, 2.05) is 30.3 Å². The van der Waals surface area contributed by atoms with E-state index in [1.54, 1.807) is 0 Å². The number of fused-ring (bicyclic) bond motifs is 1. The van der Waals surface area contributed by atoms with Crippen LogP contribution in [0, 0.1) is 0 Å². The quantitative estimate of drug-likeness (QED) is 0.349. The molecule has 1 nitrogen and oxygen atoms in total. The predicted octanol–water partition coefficient (Wildman–Crippen LogP) is 7.28. The average molecular weight is 364 g/mol. The van der Waals surface area contributed by atoms with Gasteiger partial charge < -0.3 is 0 Å². The van der Waals surface area contributed by atoms with Crippen LogP contribution in [0.5, 0.6) is 0 Å². The predicted molar refractivity (Wildman–Crippen MR) is 119 cm³/mol. The first-order valence-corrected chi connectivity index (χ1v) is 9.66. The largest absolute Gasteiger partial charge is 0.298 e. The van der Waals surface area contributed by atoms with Crippen LogP contribution in [0.15, 0.2) is 84.9 Å². The average Bonchev–Trinajstić information content (AvgIpc) is 2.72. The molecule has 0 aromatic heterocycles. The van der Waals surface area contributed by atoms with Crippen molar-refractivity contribution < 1.29 is 4.79 Å². The highest BCUT2D eigenvalue weighted by Crippen LogP contribution is 2.34. The van der Waals surface area contributed by atoms with Crippen LogP contribution in [0.25, 0.3) is 33.0 Å². The number of hydrogen-bond donors (Lipinski definition) is 0. The van der Waals surface area contributed by atoms with Crippen molar-refractivity contribution in [3.05, 3.63) is 96.1 Å². The lowest BCUT2D eigenvalue weighted by atomic mass is 9.85. The van der Waals surface area contributed by atoms with Crippen LogP contribution in [-0.2, 0) is 5.41 Å². The van der Waals surface area contributed by atoms with E-state index in [9.17, 15) is 4.79 Å². The minimum absolute atomic E-state index is 0.110. The molecule has 0 aliphatic carbocycles. The van der Waals surface area contributed by atoms with E-state index >= 15 is 0 Å². The van der Waals surface area contributed by atoms with Crippen LogP contribution < -0.4 is 0 Å². The van der Waals surface area contributed by atoms with Gasteiger partial charge in [-0.2, -0.15) is 0 Å². The second kappa shape index (κ2) is 7.09. The number of benzene rings is 4. The Hall–Kier alpha value is -3.19. The molecule has 0 saturated heterocycles. The van der Waals surface area contributed by atoms with Gasteiger partial charge in [0.2, 0.25) is 0 Å². The van der Waals surface area contributed by atoms with Gasteiger partial charge in [-0.15, -0.1) is 0 Å². The number of rotatable bonds is 3. The van der Waals surface area contributed by atoms with Gasteiger partial charge in [0.15, 0.2) is 6.29 Å². The van der Waals surface area contributed by atoms with E-state index in [0.717, 1.165) is 34.1 Å². The second-order valence-corrected chi connectivity index (χ2v) is 8.27. The fraction of sp³-hybridized carbons (Fsp3) is 0.148. The monoisotopic (exact) mass is 364 g/mol. The molecule has 0 spiro atoms. The summed E-state index contributed by atoms with van der Waals surface area (Å²) in [6.07, 6.45) is 0.984. The highest BCUT2D eigenvalue weighted by Gasteiger charge is 2.15. The highest BCUT2D eigenvalue weighted by molar-refractivity contribution is 5.98. The molecular weight excluding hydrogens is 340 g/mol. The van der Waals surface area contributed by atoms with E-state index in [4.69, 9.17) is 0 Å². The molecule has 0 fully saturated rings. The van der Waals surface area contributed by atoms with Crippen molar-refractivity contribution in [2.75, 3.05) is 0 Å². The zero-order valence-electron chi connectivity index (χ0n) is 16.6. The third kappa shape index (κ3) is 3.36. The maximum Gasteiger partial charge on any atom is 0.151 e. The van der Waals surface area contributed by atoms with E-state index < -0.39 is 0 Å². The van der Waals surface area contributed by atoms with Crippen LogP contribution in [0.3, 0.4) is 0 Å². The molecule has 0 heterocycles. The fourth-order valence-corrected chi connectivity index (χ4v) is 3.70. The summed E-state index contributed by atoms with van der Waals surface area (Å²) in [7, 11) is 0. The Morgan fingerprint density at radius 2 is 1.25 bits per heavy atom. The van der Waals surface area contributed by atoms with Crippen LogP contribution in [0.1, 0.15) is 36.7 Å². The first kappa shape index (κ1) is 18.2. The molecule has 0 radical (unpaired) electrons. The number of carbonyl (C=O) groups is 1. The summed E-state index contributed by atoms with van der Waals surface area (Å²) < 4.78 is 0. The molecule has 28 heavy (non-hydrogen) atoms. The maximum absolute atomic E-state index is 12.1. The Kier molecular flexibility index (Phi) is 4.60. The van der Waals surface area contributed by atoms with Gasteiger partial charge >= 0.3 is 0 Å². The van der Waals surface area contributed by atoms with Crippen molar-refractivity contribution in [3.63, 3.8) is 0 Å². The number of aldehydes is 1. The minimum atomic E-state index is 0.110. The topological polar surface area (TPSA) is 17.1 Å².